The first-order valence-corrected chi connectivity index (χ1v) is 7.22. The van der Waals surface area contributed by atoms with Crippen LogP contribution in [-0.2, 0) is 4.74 Å². The summed E-state index contributed by atoms with van der Waals surface area (Å²) in [6.07, 6.45) is 6.88. The molecule has 0 bridgehead atoms. The van der Waals surface area contributed by atoms with Crippen molar-refractivity contribution in [1.82, 2.24) is 20.3 Å². The number of nitrogens with one attached hydrogen (secondary N) is 1. The van der Waals surface area contributed by atoms with E-state index in [2.05, 4.69) is 20.3 Å². The van der Waals surface area contributed by atoms with Crippen LogP contribution in [0.3, 0.4) is 0 Å². The Hall–Kier alpha value is -2.86. The Morgan fingerprint density at radius 3 is 2.87 bits per heavy atom. The number of amides is 1. The van der Waals surface area contributed by atoms with Crippen molar-refractivity contribution < 1.29 is 9.53 Å². The van der Waals surface area contributed by atoms with Crippen LogP contribution in [0.4, 0.5) is 0 Å². The molecule has 0 aliphatic heterocycles. The fraction of sp³-hybridized carbons (Fsp3) is 0.176. The predicted molar refractivity (Wildman–Crippen MR) is 87.0 cm³/mol. The summed E-state index contributed by atoms with van der Waals surface area (Å²) in [4.78, 5) is 25.0. The molecule has 0 saturated heterocycles. The summed E-state index contributed by atoms with van der Waals surface area (Å²) >= 11 is 0. The number of carbonyl (C=O) groups excluding carboxylic acids is 1. The average molecular weight is 308 g/mol. The minimum atomic E-state index is -0.231. The van der Waals surface area contributed by atoms with Gasteiger partial charge < -0.3 is 10.1 Å². The van der Waals surface area contributed by atoms with Crippen molar-refractivity contribution in [2.75, 3.05) is 20.3 Å². The van der Waals surface area contributed by atoms with Crippen LogP contribution >= 0.6 is 0 Å². The molecule has 0 spiro atoms. The van der Waals surface area contributed by atoms with E-state index in [1.54, 1.807) is 44.0 Å². The lowest BCUT2D eigenvalue weighted by atomic mass is 10.0. The second-order valence-corrected chi connectivity index (χ2v) is 4.94. The third-order valence-corrected chi connectivity index (χ3v) is 3.41. The van der Waals surface area contributed by atoms with E-state index >= 15 is 0 Å². The molecule has 0 aromatic carbocycles. The van der Waals surface area contributed by atoms with E-state index in [0.29, 0.717) is 18.8 Å². The van der Waals surface area contributed by atoms with E-state index in [-0.39, 0.29) is 5.91 Å². The molecule has 0 saturated carbocycles. The highest BCUT2D eigenvalue weighted by Crippen LogP contribution is 2.27. The van der Waals surface area contributed by atoms with Crippen molar-refractivity contribution in [2.24, 2.45) is 0 Å². The summed E-state index contributed by atoms with van der Waals surface area (Å²) in [5, 5.41) is 3.67. The SMILES string of the molecule is COCCNC(=O)c1cc(-c2cccnc2)c2cnccc2n1. The molecule has 3 heterocycles. The van der Waals surface area contributed by atoms with Crippen LogP contribution in [0.25, 0.3) is 22.0 Å². The lowest BCUT2D eigenvalue weighted by molar-refractivity contribution is 0.0932. The maximum absolute atomic E-state index is 12.3. The Labute approximate surface area is 133 Å². The molecule has 6 nitrogen and oxygen atoms in total. The van der Waals surface area contributed by atoms with Gasteiger partial charge in [0.05, 0.1) is 12.1 Å². The third-order valence-electron chi connectivity index (χ3n) is 3.41. The minimum absolute atomic E-state index is 0.231. The summed E-state index contributed by atoms with van der Waals surface area (Å²) in [5.41, 5.74) is 2.88. The standard InChI is InChI=1S/C17H16N4O2/c1-23-8-7-20-17(22)16-9-13(12-3-2-5-18-10-12)14-11-19-6-4-15(14)21-16/h2-6,9-11H,7-8H2,1H3,(H,20,22). The Morgan fingerprint density at radius 2 is 2.09 bits per heavy atom. The topological polar surface area (TPSA) is 77.0 Å². The van der Waals surface area contributed by atoms with Crippen LogP contribution in [0.15, 0.2) is 49.1 Å². The monoisotopic (exact) mass is 308 g/mol. The van der Waals surface area contributed by atoms with Crippen molar-refractivity contribution in [3.63, 3.8) is 0 Å². The van der Waals surface area contributed by atoms with Gasteiger partial charge in [-0.15, -0.1) is 0 Å². The minimum Gasteiger partial charge on any atom is -0.383 e. The van der Waals surface area contributed by atoms with E-state index in [1.807, 2.05) is 12.1 Å². The summed E-state index contributed by atoms with van der Waals surface area (Å²) in [6.45, 7) is 0.895. The van der Waals surface area contributed by atoms with Gasteiger partial charge in [-0.05, 0) is 23.8 Å². The second kappa shape index (κ2) is 6.93. The van der Waals surface area contributed by atoms with Crippen LogP contribution in [-0.4, -0.2) is 41.1 Å². The smallest absolute Gasteiger partial charge is 0.270 e. The highest BCUT2D eigenvalue weighted by Gasteiger charge is 2.13. The Bertz CT molecular complexity index is 821. The lowest BCUT2D eigenvalue weighted by Crippen LogP contribution is -2.27. The predicted octanol–water partition coefficient (Wildman–Crippen LogP) is 2.07. The molecule has 0 aliphatic rings. The fourth-order valence-corrected chi connectivity index (χ4v) is 2.30. The van der Waals surface area contributed by atoms with Gasteiger partial charge in [-0.1, -0.05) is 6.07 Å². The molecule has 23 heavy (non-hydrogen) atoms. The molecule has 116 valence electrons. The lowest BCUT2D eigenvalue weighted by Gasteiger charge is -2.09. The summed E-state index contributed by atoms with van der Waals surface area (Å²) in [6, 6.07) is 7.36. The molecule has 0 fully saturated rings. The molecule has 3 aromatic heterocycles. The molecule has 0 atom stereocenters. The van der Waals surface area contributed by atoms with Gasteiger partial charge in [-0.25, -0.2) is 4.98 Å². The number of aromatic nitrogens is 3. The van der Waals surface area contributed by atoms with Crippen molar-refractivity contribution in [3.8, 4) is 11.1 Å². The van der Waals surface area contributed by atoms with Crippen LogP contribution in [0.5, 0.6) is 0 Å². The van der Waals surface area contributed by atoms with Crippen LogP contribution < -0.4 is 5.32 Å². The number of ether oxygens (including phenoxy) is 1. The summed E-state index contributed by atoms with van der Waals surface area (Å²) < 4.78 is 4.94. The zero-order valence-corrected chi connectivity index (χ0v) is 12.7. The van der Waals surface area contributed by atoms with Crippen molar-refractivity contribution in [3.05, 3.63) is 54.7 Å². The van der Waals surface area contributed by atoms with Crippen LogP contribution in [0.1, 0.15) is 10.5 Å². The first kappa shape index (κ1) is 15.1. The highest BCUT2D eigenvalue weighted by molar-refractivity contribution is 6.00. The molecule has 1 amide bonds. The number of hydrogen-bond donors (Lipinski definition) is 1. The van der Waals surface area contributed by atoms with Crippen molar-refractivity contribution in [1.29, 1.82) is 0 Å². The van der Waals surface area contributed by atoms with E-state index < -0.39 is 0 Å². The molecular weight excluding hydrogens is 292 g/mol. The first-order chi connectivity index (χ1) is 11.3. The van der Waals surface area contributed by atoms with Gasteiger partial charge in [0.1, 0.15) is 5.69 Å². The maximum atomic E-state index is 12.3. The number of methoxy groups -OCH3 is 1. The molecule has 0 radical (unpaired) electrons. The molecule has 3 aromatic rings. The summed E-state index contributed by atoms with van der Waals surface area (Å²) in [5.74, 6) is -0.231. The molecule has 1 N–H and O–H groups in total. The number of nitrogens with zero attached hydrogens (tertiary/aromatic N) is 3. The van der Waals surface area contributed by atoms with Gasteiger partial charge in [-0.2, -0.15) is 0 Å². The Morgan fingerprint density at radius 1 is 1.22 bits per heavy atom. The summed E-state index contributed by atoms with van der Waals surface area (Å²) in [7, 11) is 1.59. The number of rotatable bonds is 5. The van der Waals surface area contributed by atoms with Crippen LogP contribution in [0, 0.1) is 0 Å². The van der Waals surface area contributed by atoms with E-state index in [1.165, 1.54) is 0 Å². The third kappa shape index (κ3) is 3.32. The van der Waals surface area contributed by atoms with E-state index in [9.17, 15) is 4.79 Å². The Kier molecular flexibility index (Phi) is 4.54. The van der Waals surface area contributed by atoms with Gasteiger partial charge in [0, 0.05) is 49.4 Å². The van der Waals surface area contributed by atoms with Gasteiger partial charge in [0.15, 0.2) is 0 Å². The van der Waals surface area contributed by atoms with E-state index in [4.69, 9.17) is 4.74 Å². The molecule has 0 aliphatic carbocycles. The molecule has 6 heteroatoms. The zero-order valence-electron chi connectivity index (χ0n) is 12.7. The van der Waals surface area contributed by atoms with E-state index in [0.717, 1.165) is 22.0 Å². The fourth-order valence-electron chi connectivity index (χ4n) is 2.30. The Balaban J connectivity index is 2.06. The quantitative estimate of drug-likeness (QED) is 0.730. The number of pyridine rings is 3. The average Bonchev–Trinajstić information content (AvgIpc) is 2.61. The molecule has 0 unspecified atom stereocenters. The van der Waals surface area contributed by atoms with Gasteiger partial charge in [0.2, 0.25) is 0 Å². The zero-order chi connectivity index (χ0) is 16.1. The second-order valence-electron chi connectivity index (χ2n) is 4.94. The normalized spacial score (nSPS) is 10.7. The first-order valence-electron chi connectivity index (χ1n) is 7.22. The number of carbonyl (C=O) groups is 1. The van der Waals surface area contributed by atoms with Crippen molar-refractivity contribution in [2.45, 2.75) is 0 Å². The number of hydrogen-bond acceptors (Lipinski definition) is 5. The largest absolute Gasteiger partial charge is 0.383 e. The van der Waals surface area contributed by atoms with Gasteiger partial charge in [0.25, 0.3) is 5.91 Å². The molecular formula is C17H16N4O2. The molecule has 3 rings (SSSR count). The van der Waals surface area contributed by atoms with Crippen molar-refractivity contribution >= 4 is 16.8 Å². The maximum Gasteiger partial charge on any atom is 0.270 e. The van der Waals surface area contributed by atoms with Gasteiger partial charge in [-0.3, -0.25) is 14.8 Å². The van der Waals surface area contributed by atoms with Crippen LogP contribution in [0.2, 0.25) is 0 Å². The highest BCUT2D eigenvalue weighted by atomic mass is 16.5. The number of fused-ring (bicyclic) bond motifs is 1. The van der Waals surface area contributed by atoms with Gasteiger partial charge >= 0.3 is 0 Å².